The lowest BCUT2D eigenvalue weighted by Gasteiger charge is -2.14. The van der Waals surface area contributed by atoms with E-state index in [0.717, 1.165) is 28.0 Å². The third kappa shape index (κ3) is 4.78. The molecule has 2 aromatic carbocycles. The molecule has 2 aromatic heterocycles. The first-order chi connectivity index (χ1) is 15.1. The minimum atomic E-state index is -0.397. The second-order valence-electron chi connectivity index (χ2n) is 7.05. The molecule has 0 spiro atoms. The summed E-state index contributed by atoms with van der Waals surface area (Å²) >= 11 is 0. The van der Waals surface area contributed by atoms with Crippen LogP contribution in [0, 0.1) is 6.92 Å². The van der Waals surface area contributed by atoms with E-state index in [9.17, 15) is 4.79 Å². The highest BCUT2D eigenvalue weighted by Crippen LogP contribution is 2.34. The summed E-state index contributed by atoms with van der Waals surface area (Å²) in [4.78, 5) is 19.9. The molecule has 0 saturated carbocycles. The van der Waals surface area contributed by atoms with Crippen LogP contribution in [0.2, 0.25) is 0 Å². The molecule has 0 radical (unpaired) electrons. The van der Waals surface area contributed by atoms with E-state index >= 15 is 0 Å². The van der Waals surface area contributed by atoms with Crippen LogP contribution in [0.25, 0.3) is 11.1 Å². The fourth-order valence-electron chi connectivity index (χ4n) is 3.38. The van der Waals surface area contributed by atoms with Crippen LogP contribution in [0.1, 0.15) is 34.5 Å². The molecule has 0 atom stereocenters. The van der Waals surface area contributed by atoms with Crippen LogP contribution >= 0.6 is 0 Å². The van der Waals surface area contributed by atoms with E-state index in [1.807, 2.05) is 74.5 Å². The first-order valence-corrected chi connectivity index (χ1v) is 10.1. The number of nitrogens with one attached hydrogen (secondary N) is 2. The molecule has 0 aliphatic carbocycles. The van der Waals surface area contributed by atoms with Crippen molar-refractivity contribution in [1.29, 1.82) is 0 Å². The van der Waals surface area contributed by atoms with E-state index in [1.54, 1.807) is 6.20 Å². The highest BCUT2D eigenvalue weighted by molar-refractivity contribution is 6.01. The molecule has 0 aliphatic rings. The summed E-state index contributed by atoms with van der Waals surface area (Å²) < 4.78 is 5.78. The van der Waals surface area contributed by atoms with Crippen molar-refractivity contribution in [3.05, 3.63) is 89.6 Å². The van der Waals surface area contributed by atoms with E-state index in [1.165, 1.54) is 0 Å². The number of carbonyl (C=O) groups excluding carboxylic acids is 1. The van der Waals surface area contributed by atoms with Crippen LogP contribution < -0.4 is 10.1 Å². The predicted octanol–water partition coefficient (Wildman–Crippen LogP) is 4.42. The van der Waals surface area contributed by atoms with Crippen molar-refractivity contribution < 1.29 is 9.53 Å². The molecule has 31 heavy (non-hydrogen) atoms. The van der Waals surface area contributed by atoms with Crippen molar-refractivity contribution in [3.63, 3.8) is 0 Å². The summed E-state index contributed by atoms with van der Waals surface area (Å²) in [6.45, 7) is 4.55. The minimum absolute atomic E-state index is 0.143. The van der Waals surface area contributed by atoms with Gasteiger partial charge in [0.1, 0.15) is 17.4 Å². The first kappa shape index (κ1) is 20.3. The number of amides is 1. The first-order valence-electron chi connectivity index (χ1n) is 10.1. The maximum absolute atomic E-state index is 12.7. The molecular formula is C24H23N5O2. The maximum atomic E-state index is 12.7. The molecule has 0 aliphatic heterocycles. The lowest BCUT2D eigenvalue weighted by atomic mass is 10.0. The lowest BCUT2D eigenvalue weighted by molar-refractivity contribution is 0.101. The number of nitrogens with zero attached hydrogens (tertiary/aromatic N) is 3. The van der Waals surface area contributed by atoms with Crippen LogP contribution in [0.4, 0.5) is 5.82 Å². The fourth-order valence-corrected chi connectivity index (χ4v) is 3.38. The van der Waals surface area contributed by atoms with Crippen molar-refractivity contribution in [3.8, 4) is 16.9 Å². The predicted molar refractivity (Wildman–Crippen MR) is 119 cm³/mol. The number of hydrogen-bond acceptors (Lipinski definition) is 5. The molecule has 1 amide bonds. The Hall–Kier alpha value is -4.00. The molecule has 0 bridgehead atoms. The number of pyridine rings is 1. The van der Waals surface area contributed by atoms with Crippen molar-refractivity contribution >= 4 is 11.7 Å². The SMILES string of the molecule is CCOc1cccc(C)c1-c1ccnc(NC(=O)c2nnc(Cc3ccccc3)[nH]2)c1. The second kappa shape index (κ2) is 9.21. The molecule has 0 saturated heterocycles. The Bertz CT molecular complexity index is 1190. The fraction of sp³-hybridized carbons (Fsp3) is 0.167. The Morgan fingerprint density at radius 3 is 2.71 bits per heavy atom. The number of aryl methyl sites for hydroxylation is 1. The molecule has 7 heteroatoms. The van der Waals surface area contributed by atoms with Gasteiger partial charge in [-0.05, 0) is 48.7 Å². The number of aromatic nitrogens is 4. The summed E-state index contributed by atoms with van der Waals surface area (Å²) in [7, 11) is 0. The molecule has 0 unspecified atom stereocenters. The van der Waals surface area contributed by atoms with Gasteiger partial charge in [0.25, 0.3) is 5.91 Å². The summed E-state index contributed by atoms with van der Waals surface area (Å²) in [6.07, 6.45) is 2.23. The van der Waals surface area contributed by atoms with Crippen LogP contribution in [0.3, 0.4) is 0 Å². The van der Waals surface area contributed by atoms with E-state index in [4.69, 9.17) is 4.74 Å². The third-order valence-corrected chi connectivity index (χ3v) is 4.79. The standard InChI is InChI=1S/C24H23N5O2/c1-3-31-19-11-7-8-16(2)22(19)18-12-13-25-20(15-18)27-24(30)23-26-21(28-29-23)14-17-9-5-4-6-10-17/h4-13,15H,3,14H2,1-2H3,(H,25,27,30)(H,26,28,29). The minimum Gasteiger partial charge on any atom is -0.493 e. The van der Waals surface area contributed by atoms with Crippen LogP contribution in [0.5, 0.6) is 5.75 Å². The Morgan fingerprint density at radius 1 is 1.06 bits per heavy atom. The summed E-state index contributed by atoms with van der Waals surface area (Å²) in [5.74, 6) is 1.59. The van der Waals surface area contributed by atoms with Gasteiger partial charge < -0.3 is 15.0 Å². The molecule has 156 valence electrons. The Morgan fingerprint density at radius 2 is 1.90 bits per heavy atom. The van der Waals surface area contributed by atoms with Crippen LogP contribution in [0.15, 0.2) is 66.9 Å². The third-order valence-electron chi connectivity index (χ3n) is 4.79. The van der Waals surface area contributed by atoms with Gasteiger partial charge in [-0.25, -0.2) is 4.98 Å². The van der Waals surface area contributed by atoms with Crippen molar-refractivity contribution in [2.75, 3.05) is 11.9 Å². The number of H-pyrrole nitrogens is 1. The average Bonchev–Trinajstić information content (AvgIpc) is 3.24. The second-order valence-corrected chi connectivity index (χ2v) is 7.05. The zero-order chi connectivity index (χ0) is 21.6. The number of hydrogen-bond donors (Lipinski definition) is 2. The number of carbonyl (C=O) groups is 1. The van der Waals surface area contributed by atoms with Crippen molar-refractivity contribution in [2.24, 2.45) is 0 Å². The topological polar surface area (TPSA) is 92.8 Å². The average molecular weight is 413 g/mol. The molecule has 7 nitrogen and oxygen atoms in total. The summed E-state index contributed by atoms with van der Waals surface area (Å²) in [5, 5.41) is 10.8. The van der Waals surface area contributed by atoms with Gasteiger partial charge in [-0.2, -0.15) is 0 Å². The smallest absolute Gasteiger partial charge is 0.294 e. The largest absolute Gasteiger partial charge is 0.493 e. The van der Waals surface area contributed by atoms with E-state index in [0.29, 0.717) is 24.7 Å². The number of benzene rings is 2. The molecule has 0 fully saturated rings. The zero-order valence-electron chi connectivity index (χ0n) is 17.4. The number of ether oxygens (including phenoxy) is 1. The molecule has 2 N–H and O–H groups in total. The molecule has 2 heterocycles. The van der Waals surface area contributed by atoms with Gasteiger partial charge in [0.15, 0.2) is 0 Å². The van der Waals surface area contributed by atoms with E-state index in [-0.39, 0.29) is 5.82 Å². The lowest BCUT2D eigenvalue weighted by Crippen LogP contribution is -2.14. The van der Waals surface area contributed by atoms with Gasteiger partial charge in [0, 0.05) is 18.2 Å². The zero-order valence-corrected chi connectivity index (χ0v) is 17.4. The van der Waals surface area contributed by atoms with Gasteiger partial charge in [-0.1, -0.05) is 42.5 Å². The normalized spacial score (nSPS) is 10.6. The van der Waals surface area contributed by atoms with Crippen LogP contribution in [-0.4, -0.2) is 32.7 Å². The molecule has 4 aromatic rings. The van der Waals surface area contributed by atoms with Gasteiger partial charge in [0.2, 0.25) is 5.82 Å². The summed E-state index contributed by atoms with van der Waals surface area (Å²) in [6, 6.07) is 19.5. The number of rotatable bonds is 7. The van der Waals surface area contributed by atoms with E-state index in [2.05, 4.69) is 25.5 Å². The molecular weight excluding hydrogens is 390 g/mol. The van der Waals surface area contributed by atoms with Crippen LogP contribution in [-0.2, 0) is 6.42 Å². The van der Waals surface area contributed by atoms with Gasteiger partial charge in [0.05, 0.1) is 6.61 Å². The number of aromatic amines is 1. The summed E-state index contributed by atoms with van der Waals surface area (Å²) in [5.41, 5.74) is 4.06. The van der Waals surface area contributed by atoms with Gasteiger partial charge in [-0.3, -0.25) is 4.79 Å². The molecule has 4 rings (SSSR count). The Labute approximate surface area is 180 Å². The monoisotopic (exact) mass is 413 g/mol. The van der Waals surface area contributed by atoms with Gasteiger partial charge >= 0.3 is 0 Å². The highest BCUT2D eigenvalue weighted by atomic mass is 16.5. The Balaban J connectivity index is 1.52. The maximum Gasteiger partial charge on any atom is 0.294 e. The highest BCUT2D eigenvalue weighted by Gasteiger charge is 2.15. The number of anilines is 1. The van der Waals surface area contributed by atoms with Crippen molar-refractivity contribution in [2.45, 2.75) is 20.3 Å². The van der Waals surface area contributed by atoms with Gasteiger partial charge in [-0.15, -0.1) is 10.2 Å². The Kier molecular flexibility index (Phi) is 6.03. The quantitative estimate of drug-likeness (QED) is 0.468. The van der Waals surface area contributed by atoms with Crippen molar-refractivity contribution in [1.82, 2.24) is 20.2 Å². The van der Waals surface area contributed by atoms with E-state index < -0.39 is 5.91 Å².